The van der Waals surface area contributed by atoms with Gasteiger partial charge in [0, 0.05) is 44.6 Å². The monoisotopic (exact) mass is 406 g/mol. The van der Waals surface area contributed by atoms with Crippen LogP contribution in [0.2, 0.25) is 0 Å². The second kappa shape index (κ2) is 8.03. The van der Waals surface area contributed by atoms with Crippen LogP contribution in [-0.2, 0) is 16.1 Å². The molecule has 4 fully saturated rings. The summed E-state index contributed by atoms with van der Waals surface area (Å²) < 4.78 is 0. The molecule has 6 heteroatoms. The first-order valence-corrected chi connectivity index (χ1v) is 11.4. The maximum Gasteiger partial charge on any atom is 0.223 e. The minimum atomic E-state index is 0.106. The number of piperidine rings is 3. The highest BCUT2D eigenvalue weighted by atomic mass is 16.2. The van der Waals surface area contributed by atoms with Gasteiger partial charge in [-0.15, -0.1) is 0 Å². The molecule has 2 amide bonds. The summed E-state index contributed by atoms with van der Waals surface area (Å²) in [7, 11) is 0. The van der Waals surface area contributed by atoms with Crippen molar-refractivity contribution in [1.29, 1.82) is 5.26 Å². The summed E-state index contributed by atoms with van der Waals surface area (Å²) in [5.74, 6) is 1.54. The average Bonchev–Trinajstić information content (AvgIpc) is 3.59. The highest BCUT2D eigenvalue weighted by Gasteiger charge is 2.49. The van der Waals surface area contributed by atoms with Crippen molar-refractivity contribution in [3.63, 3.8) is 0 Å². The number of nitriles is 1. The lowest BCUT2D eigenvalue weighted by Gasteiger charge is -2.56. The van der Waals surface area contributed by atoms with E-state index in [-0.39, 0.29) is 23.8 Å². The molecule has 3 aliphatic heterocycles. The Morgan fingerprint density at radius 1 is 1.20 bits per heavy atom. The average molecular weight is 407 g/mol. The number of hydrogen-bond donors (Lipinski definition) is 1. The van der Waals surface area contributed by atoms with Crippen LogP contribution in [0, 0.1) is 29.1 Å². The first-order valence-electron chi connectivity index (χ1n) is 11.4. The molecule has 0 aromatic heterocycles. The number of carbonyl (C=O) groups excluding carboxylic acids is 2. The number of rotatable bonds is 5. The van der Waals surface area contributed by atoms with E-state index >= 15 is 0 Å². The molecule has 4 aliphatic rings. The Bertz CT molecular complexity index is 874. The number of likely N-dealkylation sites (tertiary alicyclic amines) is 1. The highest BCUT2D eigenvalue weighted by Crippen LogP contribution is 2.42. The van der Waals surface area contributed by atoms with Crippen LogP contribution >= 0.6 is 0 Å². The second-order valence-corrected chi connectivity index (χ2v) is 9.61. The third-order valence-corrected chi connectivity index (χ3v) is 7.47. The molecule has 0 spiro atoms. The van der Waals surface area contributed by atoms with Crippen LogP contribution in [0.25, 0.3) is 0 Å². The van der Waals surface area contributed by atoms with E-state index in [1.54, 1.807) is 0 Å². The summed E-state index contributed by atoms with van der Waals surface area (Å²) >= 11 is 0. The molecule has 4 atom stereocenters. The summed E-state index contributed by atoms with van der Waals surface area (Å²) in [6.07, 6.45) is 5.85. The fraction of sp³-hybridized carbons (Fsp3) is 0.625. The number of amides is 2. The van der Waals surface area contributed by atoms with Gasteiger partial charge in [-0.2, -0.15) is 5.26 Å². The van der Waals surface area contributed by atoms with Gasteiger partial charge in [0.25, 0.3) is 0 Å². The van der Waals surface area contributed by atoms with Gasteiger partial charge >= 0.3 is 0 Å². The molecule has 1 N–H and O–H groups in total. The normalized spacial score (nSPS) is 31.0. The van der Waals surface area contributed by atoms with Gasteiger partial charge in [0.05, 0.1) is 17.7 Å². The molecule has 1 aliphatic carbocycles. The summed E-state index contributed by atoms with van der Waals surface area (Å²) in [6.45, 7) is 3.37. The van der Waals surface area contributed by atoms with Crippen molar-refractivity contribution in [2.24, 2.45) is 17.8 Å². The van der Waals surface area contributed by atoms with Crippen molar-refractivity contribution >= 4 is 11.8 Å². The van der Waals surface area contributed by atoms with E-state index in [0.717, 1.165) is 51.7 Å². The van der Waals surface area contributed by atoms with Crippen LogP contribution in [0.5, 0.6) is 0 Å². The third kappa shape index (κ3) is 3.83. The third-order valence-electron chi connectivity index (χ3n) is 7.47. The van der Waals surface area contributed by atoms with Gasteiger partial charge in [0.2, 0.25) is 11.8 Å². The SMILES string of the molecule is N#Cc1cccc(CN2C[C@H]3C[C@@H](C2)[C@H](CNC(=O)C2CC2)N2C(=O)CCC[C@@H]32)c1. The van der Waals surface area contributed by atoms with E-state index in [4.69, 9.17) is 0 Å². The van der Waals surface area contributed by atoms with Gasteiger partial charge in [-0.3, -0.25) is 14.5 Å². The van der Waals surface area contributed by atoms with Crippen molar-refractivity contribution in [2.75, 3.05) is 19.6 Å². The largest absolute Gasteiger partial charge is 0.354 e. The van der Waals surface area contributed by atoms with E-state index in [1.165, 1.54) is 5.56 Å². The zero-order valence-electron chi connectivity index (χ0n) is 17.4. The molecule has 6 nitrogen and oxygen atoms in total. The van der Waals surface area contributed by atoms with Crippen molar-refractivity contribution in [3.05, 3.63) is 35.4 Å². The molecule has 0 unspecified atom stereocenters. The summed E-state index contributed by atoms with van der Waals surface area (Å²) in [6, 6.07) is 10.5. The molecule has 3 saturated heterocycles. The lowest BCUT2D eigenvalue weighted by atomic mass is 9.72. The van der Waals surface area contributed by atoms with Crippen molar-refractivity contribution < 1.29 is 9.59 Å². The molecule has 30 heavy (non-hydrogen) atoms. The lowest BCUT2D eigenvalue weighted by molar-refractivity contribution is -0.153. The van der Waals surface area contributed by atoms with E-state index < -0.39 is 0 Å². The Hall–Kier alpha value is -2.39. The van der Waals surface area contributed by atoms with Gasteiger partial charge in [-0.25, -0.2) is 0 Å². The fourth-order valence-corrected chi connectivity index (χ4v) is 5.96. The van der Waals surface area contributed by atoms with Crippen molar-refractivity contribution in [3.8, 4) is 6.07 Å². The smallest absolute Gasteiger partial charge is 0.223 e. The molecule has 158 valence electrons. The Kier molecular flexibility index (Phi) is 5.24. The number of carbonyl (C=O) groups is 2. The number of hydrogen-bond acceptors (Lipinski definition) is 4. The molecule has 5 rings (SSSR count). The highest BCUT2D eigenvalue weighted by molar-refractivity contribution is 5.81. The minimum absolute atomic E-state index is 0.106. The maximum absolute atomic E-state index is 12.9. The summed E-state index contributed by atoms with van der Waals surface area (Å²) in [4.78, 5) is 29.8. The maximum atomic E-state index is 12.9. The van der Waals surface area contributed by atoms with Crippen LogP contribution in [0.15, 0.2) is 24.3 Å². The first kappa shape index (κ1) is 19.6. The molecule has 2 bridgehead atoms. The standard InChI is InChI=1S/C24H30N4O2/c25-11-16-3-1-4-17(9-16)13-27-14-19-10-20(15-27)22(12-26-24(30)18-7-8-18)28-21(19)5-2-6-23(28)29/h1,3-4,9,18-22H,2,5-8,10,12-15H2,(H,26,30)/t19-,20+,21+,22+/m1/s1. The van der Waals surface area contributed by atoms with Crippen molar-refractivity contribution in [2.45, 2.75) is 57.2 Å². The molecule has 3 heterocycles. The number of nitrogens with one attached hydrogen (secondary N) is 1. The zero-order chi connectivity index (χ0) is 20.7. The minimum Gasteiger partial charge on any atom is -0.354 e. The predicted molar refractivity (Wildman–Crippen MR) is 112 cm³/mol. The molecule has 1 aromatic rings. The fourth-order valence-electron chi connectivity index (χ4n) is 5.96. The summed E-state index contributed by atoms with van der Waals surface area (Å²) in [5.41, 5.74) is 1.87. The van der Waals surface area contributed by atoms with E-state index in [9.17, 15) is 14.9 Å². The number of nitrogens with zero attached hydrogens (tertiary/aromatic N) is 3. The van der Waals surface area contributed by atoms with Crippen LogP contribution in [0.4, 0.5) is 0 Å². The van der Waals surface area contributed by atoms with E-state index in [2.05, 4.69) is 27.3 Å². The molecule has 1 aromatic carbocycles. The second-order valence-electron chi connectivity index (χ2n) is 9.61. The Morgan fingerprint density at radius 2 is 2.03 bits per heavy atom. The van der Waals surface area contributed by atoms with Crippen molar-refractivity contribution in [1.82, 2.24) is 15.1 Å². The van der Waals surface area contributed by atoms with Gasteiger partial charge < -0.3 is 10.2 Å². The van der Waals surface area contributed by atoms with Crippen LogP contribution in [-0.4, -0.2) is 53.3 Å². The summed E-state index contributed by atoms with van der Waals surface area (Å²) in [5, 5.41) is 12.4. The van der Waals surface area contributed by atoms with Gasteiger partial charge in [-0.05, 0) is 61.6 Å². The molecular weight excluding hydrogens is 376 g/mol. The Morgan fingerprint density at radius 3 is 2.83 bits per heavy atom. The molecule has 0 radical (unpaired) electrons. The van der Waals surface area contributed by atoms with Gasteiger partial charge in [0.15, 0.2) is 0 Å². The van der Waals surface area contributed by atoms with Crippen LogP contribution in [0.1, 0.15) is 49.7 Å². The van der Waals surface area contributed by atoms with E-state index in [1.807, 2.05) is 18.2 Å². The Labute approximate surface area is 178 Å². The predicted octanol–water partition coefficient (Wildman–Crippen LogP) is 2.29. The quantitative estimate of drug-likeness (QED) is 0.814. The molecular formula is C24H30N4O2. The van der Waals surface area contributed by atoms with Gasteiger partial charge in [0.1, 0.15) is 0 Å². The number of benzene rings is 1. The zero-order valence-corrected chi connectivity index (χ0v) is 17.4. The topological polar surface area (TPSA) is 76.4 Å². The molecule has 1 saturated carbocycles. The Balaban J connectivity index is 1.33. The first-order chi connectivity index (χ1) is 14.6. The lowest BCUT2D eigenvalue weighted by Crippen LogP contribution is -2.67. The number of fused-ring (bicyclic) bond motifs is 4. The van der Waals surface area contributed by atoms with Crippen LogP contribution in [0.3, 0.4) is 0 Å². The van der Waals surface area contributed by atoms with Crippen LogP contribution < -0.4 is 5.32 Å². The van der Waals surface area contributed by atoms with Gasteiger partial charge in [-0.1, -0.05) is 12.1 Å². The van der Waals surface area contributed by atoms with E-state index in [0.29, 0.717) is 36.4 Å².